The van der Waals surface area contributed by atoms with Crippen molar-refractivity contribution in [2.45, 2.75) is 25.4 Å². The van der Waals surface area contributed by atoms with Crippen molar-refractivity contribution in [3.8, 4) is 17.2 Å². The Balaban J connectivity index is 2.91. The van der Waals surface area contributed by atoms with Crippen LogP contribution in [0, 0.1) is 0 Å². The van der Waals surface area contributed by atoms with Crippen LogP contribution < -0.4 is 19.9 Å². The van der Waals surface area contributed by atoms with E-state index in [4.69, 9.17) is 19.9 Å². The Morgan fingerprint density at radius 3 is 2.15 bits per heavy atom. The summed E-state index contributed by atoms with van der Waals surface area (Å²) in [6.45, 7) is 0. The lowest BCUT2D eigenvalue weighted by Crippen LogP contribution is -2.10. The lowest BCUT2D eigenvalue weighted by atomic mass is 10.0. The largest absolute Gasteiger partial charge is 0.493 e. The summed E-state index contributed by atoms with van der Waals surface area (Å²) in [5.41, 5.74) is 5.71. The quantitative estimate of drug-likeness (QED) is 0.752. The third-order valence-corrected chi connectivity index (χ3v) is 2.97. The molecular formula is C14H21NO5. The van der Waals surface area contributed by atoms with Gasteiger partial charge in [-0.3, -0.25) is 4.79 Å². The van der Waals surface area contributed by atoms with Gasteiger partial charge in [0, 0.05) is 6.42 Å². The molecule has 0 aromatic heterocycles. The fraction of sp³-hybridized carbons (Fsp3) is 0.500. The average Bonchev–Trinajstić information content (AvgIpc) is 2.44. The minimum Gasteiger partial charge on any atom is -0.493 e. The van der Waals surface area contributed by atoms with E-state index in [2.05, 4.69) is 0 Å². The van der Waals surface area contributed by atoms with Crippen molar-refractivity contribution in [1.82, 2.24) is 0 Å². The summed E-state index contributed by atoms with van der Waals surface area (Å²) < 4.78 is 15.7. The summed E-state index contributed by atoms with van der Waals surface area (Å²) in [7, 11) is 4.55. The SMILES string of the molecule is COc1cc(C(O)CCCC(N)=O)cc(OC)c1OC. The van der Waals surface area contributed by atoms with Crippen molar-refractivity contribution in [2.75, 3.05) is 21.3 Å². The molecule has 1 atom stereocenters. The Hall–Kier alpha value is -1.95. The van der Waals surface area contributed by atoms with Crippen LogP contribution in [-0.2, 0) is 4.79 Å². The number of carbonyl (C=O) groups excluding carboxylic acids is 1. The minimum absolute atomic E-state index is 0.251. The molecule has 0 aliphatic carbocycles. The molecule has 0 radical (unpaired) electrons. The summed E-state index contributed by atoms with van der Waals surface area (Å²) in [6, 6.07) is 3.38. The second-order valence-electron chi connectivity index (χ2n) is 4.33. The highest BCUT2D eigenvalue weighted by Gasteiger charge is 2.17. The van der Waals surface area contributed by atoms with E-state index in [0.29, 0.717) is 35.7 Å². The molecular weight excluding hydrogens is 262 g/mol. The molecule has 0 bridgehead atoms. The molecule has 1 rings (SSSR count). The topological polar surface area (TPSA) is 91.0 Å². The van der Waals surface area contributed by atoms with Gasteiger partial charge >= 0.3 is 0 Å². The molecule has 1 unspecified atom stereocenters. The maximum absolute atomic E-state index is 10.7. The predicted octanol–water partition coefficient (Wildman–Crippen LogP) is 1.40. The molecule has 0 fully saturated rings. The van der Waals surface area contributed by atoms with E-state index < -0.39 is 6.10 Å². The highest BCUT2D eigenvalue weighted by Crippen LogP contribution is 2.40. The van der Waals surface area contributed by atoms with Crippen LogP contribution in [0.1, 0.15) is 30.9 Å². The van der Waals surface area contributed by atoms with E-state index in [1.165, 1.54) is 21.3 Å². The number of primary amides is 1. The molecule has 1 aromatic carbocycles. The Kier molecular flexibility index (Phi) is 6.11. The Bertz CT molecular complexity index is 436. The summed E-state index contributed by atoms with van der Waals surface area (Å²) in [4.78, 5) is 10.7. The Labute approximate surface area is 118 Å². The number of methoxy groups -OCH3 is 3. The lowest BCUT2D eigenvalue weighted by Gasteiger charge is -2.17. The van der Waals surface area contributed by atoms with E-state index in [9.17, 15) is 9.90 Å². The first-order valence-corrected chi connectivity index (χ1v) is 6.29. The third-order valence-electron chi connectivity index (χ3n) is 2.97. The smallest absolute Gasteiger partial charge is 0.217 e. The van der Waals surface area contributed by atoms with E-state index >= 15 is 0 Å². The molecule has 3 N–H and O–H groups in total. The normalized spacial score (nSPS) is 11.8. The zero-order chi connectivity index (χ0) is 15.1. The number of aliphatic hydroxyl groups is 1. The number of rotatable bonds is 8. The second-order valence-corrected chi connectivity index (χ2v) is 4.33. The minimum atomic E-state index is -0.719. The summed E-state index contributed by atoms with van der Waals surface area (Å²) in [5.74, 6) is 1.07. The fourth-order valence-corrected chi connectivity index (χ4v) is 1.93. The summed E-state index contributed by atoms with van der Waals surface area (Å²) in [6.07, 6.45) is 0.485. The fourth-order valence-electron chi connectivity index (χ4n) is 1.93. The van der Waals surface area contributed by atoms with Gasteiger partial charge in [0.15, 0.2) is 11.5 Å². The molecule has 6 nitrogen and oxygen atoms in total. The molecule has 0 saturated carbocycles. The van der Waals surface area contributed by atoms with Crippen LogP contribution in [0.3, 0.4) is 0 Å². The van der Waals surface area contributed by atoms with Crippen LogP contribution in [0.25, 0.3) is 0 Å². The first kappa shape index (κ1) is 16.1. The van der Waals surface area contributed by atoms with Gasteiger partial charge in [0.25, 0.3) is 0 Å². The monoisotopic (exact) mass is 283 g/mol. The van der Waals surface area contributed by atoms with Gasteiger partial charge in [-0.2, -0.15) is 0 Å². The zero-order valence-corrected chi connectivity index (χ0v) is 12.0. The van der Waals surface area contributed by atoms with Crippen molar-refractivity contribution >= 4 is 5.91 Å². The Morgan fingerprint density at radius 1 is 1.20 bits per heavy atom. The van der Waals surface area contributed by atoms with Crippen LogP contribution in [-0.4, -0.2) is 32.3 Å². The molecule has 0 aliphatic rings. The van der Waals surface area contributed by atoms with E-state index in [1.807, 2.05) is 0 Å². The van der Waals surface area contributed by atoms with Gasteiger partial charge in [0.2, 0.25) is 11.7 Å². The van der Waals surface area contributed by atoms with Crippen molar-refractivity contribution in [3.63, 3.8) is 0 Å². The number of carbonyl (C=O) groups is 1. The molecule has 6 heteroatoms. The van der Waals surface area contributed by atoms with E-state index in [-0.39, 0.29) is 12.3 Å². The van der Waals surface area contributed by atoms with E-state index in [1.54, 1.807) is 12.1 Å². The summed E-state index contributed by atoms with van der Waals surface area (Å²) in [5, 5.41) is 10.1. The number of hydrogen-bond donors (Lipinski definition) is 2. The van der Waals surface area contributed by atoms with Gasteiger partial charge < -0.3 is 25.1 Å². The first-order valence-electron chi connectivity index (χ1n) is 6.29. The van der Waals surface area contributed by atoms with Crippen LogP contribution in [0.4, 0.5) is 0 Å². The van der Waals surface area contributed by atoms with Gasteiger partial charge in [-0.25, -0.2) is 0 Å². The number of benzene rings is 1. The standard InChI is InChI=1S/C14H21NO5/c1-18-11-7-9(8-12(19-2)14(11)20-3)10(16)5-4-6-13(15)17/h7-8,10,16H,4-6H2,1-3H3,(H2,15,17). The Morgan fingerprint density at radius 2 is 1.75 bits per heavy atom. The molecule has 1 amide bonds. The maximum Gasteiger partial charge on any atom is 0.217 e. The number of ether oxygens (including phenoxy) is 3. The highest BCUT2D eigenvalue weighted by molar-refractivity contribution is 5.73. The third kappa shape index (κ3) is 4.03. The molecule has 112 valence electrons. The van der Waals surface area contributed by atoms with Gasteiger partial charge in [0.1, 0.15) is 0 Å². The molecule has 20 heavy (non-hydrogen) atoms. The van der Waals surface area contributed by atoms with Gasteiger partial charge in [-0.1, -0.05) is 0 Å². The lowest BCUT2D eigenvalue weighted by molar-refractivity contribution is -0.118. The maximum atomic E-state index is 10.7. The molecule has 0 saturated heterocycles. The van der Waals surface area contributed by atoms with Crippen molar-refractivity contribution in [2.24, 2.45) is 5.73 Å². The number of hydrogen-bond acceptors (Lipinski definition) is 5. The molecule has 1 aromatic rings. The van der Waals surface area contributed by atoms with E-state index in [0.717, 1.165) is 0 Å². The van der Waals surface area contributed by atoms with Gasteiger partial charge in [0.05, 0.1) is 27.4 Å². The number of aliphatic hydroxyl groups excluding tert-OH is 1. The van der Waals surface area contributed by atoms with Crippen molar-refractivity contribution in [1.29, 1.82) is 0 Å². The number of amides is 1. The van der Waals surface area contributed by atoms with Gasteiger partial charge in [-0.05, 0) is 30.5 Å². The van der Waals surface area contributed by atoms with Crippen molar-refractivity contribution in [3.05, 3.63) is 17.7 Å². The summed E-state index contributed by atoms with van der Waals surface area (Å²) >= 11 is 0. The zero-order valence-electron chi connectivity index (χ0n) is 12.0. The van der Waals surface area contributed by atoms with Crippen LogP contribution in [0.2, 0.25) is 0 Å². The van der Waals surface area contributed by atoms with Gasteiger partial charge in [-0.15, -0.1) is 0 Å². The average molecular weight is 283 g/mol. The molecule has 0 aliphatic heterocycles. The van der Waals surface area contributed by atoms with Crippen LogP contribution >= 0.6 is 0 Å². The predicted molar refractivity (Wildman–Crippen MR) is 74.1 cm³/mol. The number of nitrogens with two attached hydrogens (primary N) is 1. The van der Waals surface area contributed by atoms with Crippen LogP contribution in [0.15, 0.2) is 12.1 Å². The molecule has 0 spiro atoms. The van der Waals surface area contributed by atoms with Crippen molar-refractivity contribution < 1.29 is 24.1 Å². The highest BCUT2D eigenvalue weighted by atomic mass is 16.5. The second kappa shape index (κ2) is 7.59. The molecule has 0 heterocycles. The first-order chi connectivity index (χ1) is 9.53. The van der Waals surface area contributed by atoms with Crippen LogP contribution in [0.5, 0.6) is 17.2 Å².